The van der Waals surface area contributed by atoms with E-state index < -0.39 is 0 Å². The number of ether oxygens (including phenoxy) is 1. The molecule has 2 rings (SSSR count). The van der Waals surface area contributed by atoms with Crippen molar-refractivity contribution in [2.75, 3.05) is 0 Å². The molecule has 0 saturated carbocycles. The van der Waals surface area contributed by atoms with Crippen molar-refractivity contribution in [2.24, 2.45) is 7.05 Å². The van der Waals surface area contributed by atoms with Crippen LogP contribution in [0.5, 0.6) is 17.5 Å². The van der Waals surface area contributed by atoms with Crippen molar-refractivity contribution < 1.29 is 9.84 Å². The minimum absolute atomic E-state index is 0.107. The number of nitrogens with zero attached hydrogens (tertiary/aromatic N) is 2. The highest BCUT2D eigenvalue weighted by Gasteiger charge is 2.05. The van der Waals surface area contributed by atoms with Crippen molar-refractivity contribution in [3.63, 3.8) is 0 Å². The standard InChI is InChI=1S/C10H10N2O2/c1-12-7-6-11-10(12)14-9-5-3-2-4-8(9)13/h2-7,13H,1H3. The fraction of sp³-hybridized carbons (Fsp3) is 0.100. The maximum Gasteiger partial charge on any atom is 0.301 e. The summed E-state index contributed by atoms with van der Waals surface area (Å²) in [6, 6.07) is 7.23. The molecule has 0 radical (unpaired) electrons. The van der Waals surface area contributed by atoms with Crippen LogP contribution >= 0.6 is 0 Å². The molecule has 72 valence electrons. The third-order valence-corrected chi connectivity index (χ3v) is 1.84. The number of aromatic hydroxyl groups is 1. The highest BCUT2D eigenvalue weighted by Crippen LogP contribution is 2.28. The first-order valence-corrected chi connectivity index (χ1v) is 4.20. The maximum atomic E-state index is 9.44. The molecule has 1 aromatic carbocycles. The predicted molar refractivity (Wildman–Crippen MR) is 51.4 cm³/mol. The van der Waals surface area contributed by atoms with E-state index in [1.165, 1.54) is 0 Å². The molecule has 2 aromatic rings. The van der Waals surface area contributed by atoms with Gasteiger partial charge in [0.1, 0.15) is 0 Å². The highest BCUT2D eigenvalue weighted by atomic mass is 16.5. The highest BCUT2D eigenvalue weighted by molar-refractivity contribution is 5.39. The summed E-state index contributed by atoms with van der Waals surface area (Å²) in [7, 11) is 1.82. The van der Waals surface area contributed by atoms with Crippen LogP contribution in [0.3, 0.4) is 0 Å². The van der Waals surface area contributed by atoms with Gasteiger partial charge in [0.2, 0.25) is 0 Å². The number of phenols is 1. The topological polar surface area (TPSA) is 47.3 Å². The van der Waals surface area contributed by atoms with Gasteiger partial charge in [-0.1, -0.05) is 12.1 Å². The van der Waals surface area contributed by atoms with Crippen LogP contribution < -0.4 is 4.74 Å². The van der Waals surface area contributed by atoms with E-state index in [1.807, 2.05) is 7.05 Å². The Morgan fingerprint density at radius 2 is 2.14 bits per heavy atom. The molecule has 1 aromatic heterocycles. The van der Waals surface area contributed by atoms with Crippen molar-refractivity contribution in [3.8, 4) is 17.5 Å². The molecule has 0 aliphatic rings. The van der Waals surface area contributed by atoms with Gasteiger partial charge >= 0.3 is 6.01 Å². The largest absolute Gasteiger partial charge is 0.504 e. The molecule has 0 spiro atoms. The predicted octanol–water partition coefficient (Wildman–Crippen LogP) is 1.92. The lowest BCUT2D eigenvalue weighted by Crippen LogP contribution is -1.93. The van der Waals surface area contributed by atoms with Crippen molar-refractivity contribution in [1.82, 2.24) is 9.55 Å². The molecule has 0 amide bonds. The second kappa shape index (κ2) is 3.41. The molecule has 0 unspecified atom stereocenters. The van der Waals surface area contributed by atoms with Gasteiger partial charge in [-0.15, -0.1) is 0 Å². The number of rotatable bonds is 2. The Balaban J connectivity index is 2.28. The molecule has 4 heteroatoms. The summed E-state index contributed by atoms with van der Waals surface area (Å²) in [6.45, 7) is 0. The Bertz CT molecular complexity index is 437. The number of aromatic nitrogens is 2. The third kappa shape index (κ3) is 1.54. The van der Waals surface area contributed by atoms with Gasteiger partial charge in [0, 0.05) is 19.4 Å². The Morgan fingerprint density at radius 3 is 2.79 bits per heavy atom. The van der Waals surface area contributed by atoms with E-state index in [0.29, 0.717) is 11.8 Å². The molecule has 1 heterocycles. The lowest BCUT2D eigenvalue weighted by Gasteiger charge is -2.05. The lowest BCUT2D eigenvalue weighted by molar-refractivity contribution is 0.383. The Hall–Kier alpha value is -1.97. The average Bonchev–Trinajstić information content (AvgIpc) is 2.56. The maximum absolute atomic E-state index is 9.44. The SMILES string of the molecule is Cn1ccnc1Oc1ccccc1O. The summed E-state index contributed by atoms with van der Waals surface area (Å²) < 4.78 is 7.11. The smallest absolute Gasteiger partial charge is 0.301 e. The van der Waals surface area contributed by atoms with Gasteiger partial charge in [-0.25, -0.2) is 4.98 Å². The number of aryl methyl sites for hydroxylation is 1. The van der Waals surface area contributed by atoms with E-state index in [0.717, 1.165) is 0 Å². The molecule has 4 nitrogen and oxygen atoms in total. The van der Waals surface area contributed by atoms with E-state index in [2.05, 4.69) is 4.98 Å². The second-order valence-corrected chi connectivity index (χ2v) is 2.89. The monoisotopic (exact) mass is 190 g/mol. The van der Waals surface area contributed by atoms with Gasteiger partial charge in [0.25, 0.3) is 0 Å². The zero-order chi connectivity index (χ0) is 9.97. The van der Waals surface area contributed by atoms with Gasteiger partial charge in [0.05, 0.1) is 0 Å². The molecule has 14 heavy (non-hydrogen) atoms. The van der Waals surface area contributed by atoms with Crippen LogP contribution in [0.15, 0.2) is 36.7 Å². The van der Waals surface area contributed by atoms with E-state index in [4.69, 9.17) is 4.74 Å². The first-order valence-electron chi connectivity index (χ1n) is 4.20. The van der Waals surface area contributed by atoms with Crippen LogP contribution in [0, 0.1) is 0 Å². The summed E-state index contributed by atoms with van der Waals surface area (Å²) in [5.74, 6) is 0.511. The van der Waals surface area contributed by atoms with Gasteiger partial charge in [-0.3, -0.25) is 0 Å². The van der Waals surface area contributed by atoms with E-state index in [9.17, 15) is 5.11 Å². The third-order valence-electron chi connectivity index (χ3n) is 1.84. The molecular formula is C10H10N2O2. The number of hydrogen-bond donors (Lipinski definition) is 1. The number of benzene rings is 1. The van der Waals surface area contributed by atoms with Crippen LogP contribution in [0.2, 0.25) is 0 Å². The number of para-hydroxylation sites is 2. The lowest BCUT2D eigenvalue weighted by atomic mass is 10.3. The van der Waals surface area contributed by atoms with E-state index in [-0.39, 0.29) is 5.75 Å². The normalized spacial score (nSPS) is 10.1. The Kier molecular flexibility index (Phi) is 2.10. The average molecular weight is 190 g/mol. The summed E-state index contributed by atoms with van der Waals surface area (Å²) in [4.78, 5) is 3.98. The second-order valence-electron chi connectivity index (χ2n) is 2.89. The molecule has 0 saturated heterocycles. The fourth-order valence-corrected chi connectivity index (χ4v) is 1.09. The van der Waals surface area contributed by atoms with Crippen LogP contribution in [0.4, 0.5) is 0 Å². The molecule has 0 atom stereocenters. The quantitative estimate of drug-likeness (QED) is 0.786. The zero-order valence-corrected chi connectivity index (χ0v) is 7.71. The summed E-state index contributed by atoms with van der Waals surface area (Å²) in [5, 5.41) is 9.44. The molecular weight excluding hydrogens is 180 g/mol. The van der Waals surface area contributed by atoms with Crippen LogP contribution in [0.1, 0.15) is 0 Å². The Morgan fingerprint density at radius 1 is 1.36 bits per heavy atom. The van der Waals surface area contributed by atoms with Crippen molar-refractivity contribution in [2.45, 2.75) is 0 Å². The first kappa shape index (κ1) is 8.62. The summed E-state index contributed by atoms with van der Waals surface area (Å²) in [6.07, 6.45) is 3.41. The van der Waals surface area contributed by atoms with Crippen LogP contribution in [0.25, 0.3) is 0 Å². The van der Waals surface area contributed by atoms with Crippen molar-refractivity contribution >= 4 is 0 Å². The molecule has 0 aliphatic carbocycles. The molecule has 0 fully saturated rings. The van der Waals surface area contributed by atoms with E-state index in [1.54, 1.807) is 41.2 Å². The van der Waals surface area contributed by atoms with Crippen LogP contribution in [-0.2, 0) is 7.05 Å². The minimum atomic E-state index is 0.107. The number of hydrogen-bond acceptors (Lipinski definition) is 3. The van der Waals surface area contributed by atoms with Crippen molar-refractivity contribution in [3.05, 3.63) is 36.7 Å². The van der Waals surface area contributed by atoms with E-state index >= 15 is 0 Å². The summed E-state index contributed by atoms with van der Waals surface area (Å²) in [5.41, 5.74) is 0. The van der Waals surface area contributed by atoms with Gasteiger partial charge in [-0.2, -0.15) is 0 Å². The molecule has 0 aliphatic heterocycles. The van der Waals surface area contributed by atoms with Gasteiger partial charge in [-0.05, 0) is 12.1 Å². The summed E-state index contributed by atoms with van der Waals surface area (Å²) >= 11 is 0. The molecule has 0 bridgehead atoms. The van der Waals surface area contributed by atoms with Gasteiger partial charge in [0.15, 0.2) is 11.5 Å². The Labute approximate surface area is 81.4 Å². The zero-order valence-electron chi connectivity index (χ0n) is 7.71. The van der Waals surface area contributed by atoms with Gasteiger partial charge < -0.3 is 14.4 Å². The van der Waals surface area contributed by atoms with Crippen LogP contribution in [-0.4, -0.2) is 14.7 Å². The van der Waals surface area contributed by atoms with Crippen molar-refractivity contribution in [1.29, 1.82) is 0 Å². The number of phenolic OH excluding ortho intramolecular Hbond substituents is 1. The number of imidazole rings is 1. The first-order chi connectivity index (χ1) is 6.77. The minimum Gasteiger partial charge on any atom is -0.504 e. The molecule has 1 N–H and O–H groups in total. The fourth-order valence-electron chi connectivity index (χ4n) is 1.09.